The van der Waals surface area contributed by atoms with E-state index in [-0.39, 0.29) is 5.97 Å². The number of esters is 1. The fourth-order valence-corrected chi connectivity index (χ4v) is 0.721. The molecule has 0 aromatic rings. The normalized spacial score (nSPS) is 14.5. The van der Waals surface area contributed by atoms with Gasteiger partial charge in [0.25, 0.3) is 0 Å². The van der Waals surface area contributed by atoms with Gasteiger partial charge in [-0.1, -0.05) is 13.8 Å². The number of carbonyl (C=O) groups excluding carboxylic acids is 1. The molecule has 13 heavy (non-hydrogen) atoms. The van der Waals surface area contributed by atoms with E-state index in [2.05, 4.69) is 23.6 Å². The predicted molar refractivity (Wildman–Crippen MR) is 54.0 cm³/mol. The molecule has 3 heteroatoms. The minimum absolute atomic E-state index is 0.299. The van der Waals surface area contributed by atoms with E-state index in [1.165, 1.54) is 7.11 Å². The molecule has 0 bridgehead atoms. The molecule has 0 N–H and O–H groups in total. The standard InChI is InChI=1S/C10H19NO2/c1-6-8(2)7-11-10(3,4)9(12)13-5/h7-8H,6H2,1-5H3. The summed E-state index contributed by atoms with van der Waals surface area (Å²) in [6, 6.07) is 0. The maximum atomic E-state index is 11.2. The molecule has 0 fully saturated rings. The van der Waals surface area contributed by atoms with Crippen molar-refractivity contribution in [3.63, 3.8) is 0 Å². The average Bonchev–Trinajstić information content (AvgIpc) is 2.12. The highest BCUT2D eigenvalue weighted by Gasteiger charge is 2.26. The van der Waals surface area contributed by atoms with Gasteiger partial charge in [0.1, 0.15) is 0 Å². The third kappa shape index (κ3) is 4.06. The van der Waals surface area contributed by atoms with Crippen molar-refractivity contribution >= 4 is 12.2 Å². The third-order valence-corrected chi connectivity index (χ3v) is 1.98. The first-order valence-corrected chi connectivity index (χ1v) is 4.57. The smallest absolute Gasteiger partial charge is 0.333 e. The molecular formula is C10H19NO2. The molecule has 0 saturated heterocycles. The quantitative estimate of drug-likeness (QED) is 0.496. The summed E-state index contributed by atoms with van der Waals surface area (Å²) >= 11 is 0. The Kier molecular flexibility index (Phi) is 4.67. The Morgan fingerprint density at radius 2 is 2.15 bits per heavy atom. The van der Waals surface area contributed by atoms with Gasteiger partial charge in [-0.15, -0.1) is 0 Å². The molecule has 0 aliphatic carbocycles. The summed E-state index contributed by atoms with van der Waals surface area (Å²) in [5.41, 5.74) is -0.752. The molecule has 0 rings (SSSR count). The van der Waals surface area contributed by atoms with Crippen LogP contribution in [-0.4, -0.2) is 24.8 Å². The van der Waals surface area contributed by atoms with Crippen molar-refractivity contribution in [1.29, 1.82) is 0 Å². The molecule has 0 aliphatic heterocycles. The number of nitrogens with zero attached hydrogens (tertiary/aromatic N) is 1. The summed E-state index contributed by atoms with van der Waals surface area (Å²) in [6.07, 6.45) is 2.84. The first kappa shape index (κ1) is 12.1. The molecule has 0 aliphatic rings. The van der Waals surface area contributed by atoms with Crippen LogP contribution < -0.4 is 0 Å². The third-order valence-electron chi connectivity index (χ3n) is 1.98. The van der Waals surface area contributed by atoms with Gasteiger partial charge in [-0.2, -0.15) is 0 Å². The Labute approximate surface area is 80.2 Å². The van der Waals surface area contributed by atoms with Gasteiger partial charge in [0, 0.05) is 6.21 Å². The lowest BCUT2D eigenvalue weighted by molar-refractivity contribution is -0.145. The first-order valence-electron chi connectivity index (χ1n) is 4.57. The second-order valence-corrected chi connectivity index (χ2v) is 3.71. The average molecular weight is 185 g/mol. The zero-order chi connectivity index (χ0) is 10.5. The van der Waals surface area contributed by atoms with Crippen LogP contribution in [0.3, 0.4) is 0 Å². The van der Waals surface area contributed by atoms with Gasteiger partial charge in [0.15, 0.2) is 5.54 Å². The number of rotatable bonds is 4. The zero-order valence-electron chi connectivity index (χ0n) is 9.13. The van der Waals surface area contributed by atoms with E-state index < -0.39 is 5.54 Å². The van der Waals surface area contributed by atoms with Crippen LogP contribution >= 0.6 is 0 Å². The molecule has 0 spiro atoms. The molecule has 0 radical (unpaired) electrons. The lowest BCUT2D eigenvalue weighted by Crippen LogP contribution is -2.31. The monoisotopic (exact) mass is 185 g/mol. The van der Waals surface area contributed by atoms with Crippen molar-refractivity contribution in [2.75, 3.05) is 7.11 Å². The van der Waals surface area contributed by atoms with Gasteiger partial charge in [-0.05, 0) is 26.2 Å². The summed E-state index contributed by atoms with van der Waals surface area (Å²) in [5.74, 6) is 0.107. The van der Waals surface area contributed by atoms with Gasteiger partial charge in [0.05, 0.1) is 7.11 Å². The molecule has 0 amide bonds. The number of carbonyl (C=O) groups is 1. The number of methoxy groups -OCH3 is 1. The predicted octanol–water partition coefficient (Wildman–Crippen LogP) is 2.05. The maximum Gasteiger partial charge on any atom is 0.333 e. The maximum absolute atomic E-state index is 11.2. The van der Waals surface area contributed by atoms with Crippen LogP contribution in [0, 0.1) is 5.92 Å². The van der Waals surface area contributed by atoms with Crippen molar-refractivity contribution in [2.45, 2.75) is 39.7 Å². The van der Waals surface area contributed by atoms with Crippen LogP contribution in [0.25, 0.3) is 0 Å². The molecule has 1 atom stereocenters. The van der Waals surface area contributed by atoms with Crippen LogP contribution in [0.15, 0.2) is 4.99 Å². The fraction of sp³-hybridized carbons (Fsp3) is 0.800. The summed E-state index contributed by atoms with van der Waals surface area (Å²) in [5, 5.41) is 0. The van der Waals surface area contributed by atoms with Gasteiger partial charge in [-0.25, -0.2) is 4.79 Å². The van der Waals surface area contributed by atoms with Gasteiger partial charge >= 0.3 is 5.97 Å². The van der Waals surface area contributed by atoms with Crippen LogP contribution in [-0.2, 0) is 9.53 Å². The van der Waals surface area contributed by atoms with E-state index in [0.717, 1.165) is 6.42 Å². The summed E-state index contributed by atoms with van der Waals surface area (Å²) in [4.78, 5) is 15.4. The van der Waals surface area contributed by atoms with Crippen LogP contribution in [0.2, 0.25) is 0 Å². The molecular weight excluding hydrogens is 166 g/mol. The van der Waals surface area contributed by atoms with Gasteiger partial charge < -0.3 is 4.74 Å². The highest BCUT2D eigenvalue weighted by atomic mass is 16.5. The van der Waals surface area contributed by atoms with Crippen LogP contribution in [0.4, 0.5) is 0 Å². The Morgan fingerprint density at radius 1 is 1.62 bits per heavy atom. The number of hydrogen-bond donors (Lipinski definition) is 0. The van der Waals surface area contributed by atoms with E-state index in [1.54, 1.807) is 13.8 Å². The molecule has 3 nitrogen and oxygen atoms in total. The highest BCUT2D eigenvalue weighted by molar-refractivity contribution is 5.82. The van der Waals surface area contributed by atoms with Crippen molar-refractivity contribution in [3.05, 3.63) is 0 Å². The van der Waals surface area contributed by atoms with E-state index in [9.17, 15) is 4.79 Å². The zero-order valence-corrected chi connectivity index (χ0v) is 9.13. The van der Waals surface area contributed by atoms with Crippen LogP contribution in [0.5, 0.6) is 0 Å². The number of aliphatic imine (C=N–C) groups is 1. The molecule has 0 aromatic carbocycles. The second kappa shape index (κ2) is 5.00. The lowest BCUT2D eigenvalue weighted by Gasteiger charge is -2.16. The fourth-order valence-electron chi connectivity index (χ4n) is 0.721. The Morgan fingerprint density at radius 3 is 2.54 bits per heavy atom. The minimum Gasteiger partial charge on any atom is -0.467 e. The molecule has 0 aromatic heterocycles. The van der Waals surface area contributed by atoms with Crippen LogP contribution in [0.1, 0.15) is 34.1 Å². The van der Waals surface area contributed by atoms with E-state index in [4.69, 9.17) is 0 Å². The first-order chi connectivity index (χ1) is 5.94. The van der Waals surface area contributed by atoms with E-state index in [1.807, 2.05) is 6.21 Å². The summed E-state index contributed by atoms with van der Waals surface area (Å²) < 4.78 is 4.63. The molecule has 76 valence electrons. The van der Waals surface area contributed by atoms with E-state index >= 15 is 0 Å². The molecule has 0 saturated carbocycles. The Balaban J connectivity index is 4.31. The van der Waals surface area contributed by atoms with Crippen molar-refractivity contribution in [1.82, 2.24) is 0 Å². The summed E-state index contributed by atoms with van der Waals surface area (Å²) in [6.45, 7) is 7.65. The number of ether oxygens (including phenoxy) is 1. The lowest BCUT2D eigenvalue weighted by atomic mass is 10.1. The number of hydrogen-bond acceptors (Lipinski definition) is 3. The second-order valence-electron chi connectivity index (χ2n) is 3.71. The van der Waals surface area contributed by atoms with Gasteiger partial charge in [0.2, 0.25) is 0 Å². The van der Waals surface area contributed by atoms with E-state index in [0.29, 0.717) is 5.92 Å². The van der Waals surface area contributed by atoms with Crippen molar-refractivity contribution < 1.29 is 9.53 Å². The van der Waals surface area contributed by atoms with Crippen molar-refractivity contribution in [3.8, 4) is 0 Å². The topological polar surface area (TPSA) is 38.7 Å². The molecule has 0 heterocycles. The minimum atomic E-state index is -0.752. The Bertz CT molecular complexity index is 197. The SMILES string of the molecule is CCC(C)C=NC(C)(C)C(=O)OC. The summed E-state index contributed by atoms with van der Waals surface area (Å²) in [7, 11) is 1.38. The van der Waals surface area contributed by atoms with Gasteiger partial charge in [-0.3, -0.25) is 4.99 Å². The molecule has 1 unspecified atom stereocenters. The Hall–Kier alpha value is -0.860. The highest BCUT2D eigenvalue weighted by Crippen LogP contribution is 2.11. The van der Waals surface area contributed by atoms with Crippen molar-refractivity contribution in [2.24, 2.45) is 10.9 Å². The largest absolute Gasteiger partial charge is 0.467 e.